The number of carboxylic acids is 1. The Bertz CT molecular complexity index is 571. The number of alkyl halides is 3. The molecule has 11 heteroatoms. The van der Waals surface area contributed by atoms with Gasteiger partial charge in [0.1, 0.15) is 6.54 Å². The summed E-state index contributed by atoms with van der Waals surface area (Å²) in [6, 6.07) is 0. The molecule has 0 radical (unpaired) electrons. The maximum Gasteiger partial charge on any atom is 0.490 e. The molecule has 0 fully saturated rings. The summed E-state index contributed by atoms with van der Waals surface area (Å²) in [7, 11) is 0. The van der Waals surface area contributed by atoms with E-state index in [2.05, 4.69) is 10.4 Å². The number of carbonyl (C=O) groups excluding carboxylic acids is 1. The van der Waals surface area contributed by atoms with Gasteiger partial charge in [-0.3, -0.25) is 4.79 Å². The molecule has 0 bridgehead atoms. The summed E-state index contributed by atoms with van der Waals surface area (Å²) >= 11 is 0. The van der Waals surface area contributed by atoms with Crippen molar-refractivity contribution in [3.63, 3.8) is 0 Å². The Balaban J connectivity index is 0.000000322. The van der Waals surface area contributed by atoms with E-state index < -0.39 is 12.1 Å². The van der Waals surface area contributed by atoms with Crippen LogP contribution in [0.25, 0.3) is 0 Å². The summed E-state index contributed by atoms with van der Waals surface area (Å²) in [5, 5.41) is 24.3. The Labute approximate surface area is 128 Å². The maximum absolute atomic E-state index is 11.3. The number of aliphatic carboxylic acids is 1. The molecule has 1 aliphatic heterocycles. The maximum atomic E-state index is 11.3. The van der Waals surface area contributed by atoms with Crippen molar-refractivity contribution in [3.8, 4) is 5.88 Å². The van der Waals surface area contributed by atoms with Gasteiger partial charge in [0.05, 0.1) is 17.9 Å². The number of hydrogen-bond donors (Lipinski definition) is 3. The fourth-order valence-electron chi connectivity index (χ4n) is 1.78. The standard InChI is InChI=1S/C10H15N3O3.C2HF3O2/c1-2-16-9(14)6-13-10(15)7-5-11-4-3-8(7)12-13;3-2(4,5)1(6)7/h11,15H,2-6H2,1H3;(H,6,7). The molecule has 23 heavy (non-hydrogen) atoms. The molecule has 2 heterocycles. The molecule has 3 N–H and O–H groups in total. The van der Waals surface area contributed by atoms with E-state index in [0.29, 0.717) is 13.2 Å². The minimum Gasteiger partial charge on any atom is -0.493 e. The van der Waals surface area contributed by atoms with Gasteiger partial charge in [0, 0.05) is 19.5 Å². The van der Waals surface area contributed by atoms with Gasteiger partial charge in [-0.1, -0.05) is 0 Å². The largest absolute Gasteiger partial charge is 0.493 e. The molecule has 0 spiro atoms. The first-order valence-electron chi connectivity index (χ1n) is 6.60. The van der Waals surface area contributed by atoms with Crippen LogP contribution in [0.15, 0.2) is 0 Å². The zero-order chi connectivity index (χ0) is 17.6. The molecule has 130 valence electrons. The lowest BCUT2D eigenvalue weighted by molar-refractivity contribution is -0.192. The molecular weight excluding hydrogens is 323 g/mol. The molecule has 1 aromatic heterocycles. The average molecular weight is 339 g/mol. The van der Waals surface area contributed by atoms with Crippen LogP contribution in [0.1, 0.15) is 18.2 Å². The van der Waals surface area contributed by atoms with Gasteiger partial charge in [0.2, 0.25) is 5.88 Å². The Morgan fingerprint density at radius 1 is 1.43 bits per heavy atom. The van der Waals surface area contributed by atoms with Crippen molar-refractivity contribution in [2.24, 2.45) is 0 Å². The predicted octanol–water partition coefficient (Wildman–Crippen LogP) is 0.431. The van der Waals surface area contributed by atoms with Gasteiger partial charge in [-0.15, -0.1) is 0 Å². The van der Waals surface area contributed by atoms with Crippen LogP contribution < -0.4 is 5.32 Å². The number of esters is 1. The monoisotopic (exact) mass is 339 g/mol. The van der Waals surface area contributed by atoms with Crippen molar-refractivity contribution in [3.05, 3.63) is 11.3 Å². The molecule has 0 atom stereocenters. The number of rotatable bonds is 3. The number of halogens is 3. The lowest BCUT2D eigenvalue weighted by Crippen LogP contribution is -2.22. The molecule has 0 unspecified atom stereocenters. The van der Waals surface area contributed by atoms with E-state index in [4.69, 9.17) is 14.6 Å². The molecule has 8 nitrogen and oxygen atoms in total. The van der Waals surface area contributed by atoms with Crippen molar-refractivity contribution >= 4 is 11.9 Å². The quantitative estimate of drug-likeness (QED) is 0.684. The number of carbonyl (C=O) groups is 2. The number of carboxylic acid groups (broad SMARTS) is 1. The highest BCUT2D eigenvalue weighted by Gasteiger charge is 2.38. The van der Waals surface area contributed by atoms with Gasteiger partial charge in [0.25, 0.3) is 0 Å². The van der Waals surface area contributed by atoms with E-state index in [1.165, 1.54) is 4.68 Å². The van der Waals surface area contributed by atoms with Crippen molar-refractivity contribution in [1.82, 2.24) is 15.1 Å². The average Bonchev–Trinajstić information content (AvgIpc) is 2.76. The normalized spacial score (nSPS) is 13.6. The Morgan fingerprint density at radius 2 is 2.04 bits per heavy atom. The van der Waals surface area contributed by atoms with E-state index >= 15 is 0 Å². The number of nitrogens with zero attached hydrogens (tertiary/aromatic N) is 2. The van der Waals surface area contributed by atoms with Crippen LogP contribution in [0.5, 0.6) is 5.88 Å². The SMILES string of the molecule is CCOC(=O)Cn1nc2c(c1O)CNCC2.O=C(O)C(F)(F)F. The van der Waals surface area contributed by atoms with Crippen molar-refractivity contribution in [1.29, 1.82) is 0 Å². The smallest absolute Gasteiger partial charge is 0.490 e. The lowest BCUT2D eigenvalue weighted by atomic mass is 10.1. The molecule has 0 amide bonds. The third-order valence-corrected chi connectivity index (χ3v) is 2.77. The topological polar surface area (TPSA) is 114 Å². The number of aromatic nitrogens is 2. The first-order valence-corrected chi connectivity index (χ1v) is 6.60. The highest BCUT2D eigenvalue weighted by atomic mass is 19.4. The van der Waals surface area contributed by atoms with Crippen molar-refractivity contribution in [2.45, 2.75) is 32.6 Å². The van der Waals surface area contributed by atoms with Crippen LogP contribution in [0, 0.1) is 0 Å². The number of ether oxygens (including phenoxy) is 1. The number of hydrogen-bond acceptors (Lipinski definition) is 6. The number of aromatic hydroxyl groups is 1. The molecule has 0 saturated heterocycles. The predicted molar refractivity (Wildman–Crippen MR) is 69.6 cm³/mol. The second-order valence-corrected chi connectivity index (χ2v) is 4.44. The summed E-state index contributed by atoms with van der Waals surface area (Å²) in [6.07, 6.45) is -4.31. The fraction of sp³-hybridized carbons (Fsp3) is 0.583. The zero-order valence-corrected chi connectivity index (χ0v) is 12.2. The van der Waals surface area contributed by atoms with E-state index in [1.54, 1.807) is 6.92 Å². The van der Waals surface area contributed by atoms with Crippen molar-refractivity contribution < 1.29 is 37.7 Å². The molecule has 1 aliphatic rings. The third-order valence-electron chi connectivity index (χ3n) is 2.77. The minimum atomic E-state index is -5.08. The van der Waals surface area contributed by atoms with E-state index in [0.717, 1.165) is 24.2 Å². The Hall–Kier alpha value is -2.30. The fourth-order valence-corrected chi connectivity index (χ4v) is 1.78. The van der Waals surface area contributed by atoms with E-state index in [-0.39, 0.29) is 18.4 Å². The molecule has 2 rings (SSSR count). The van der Waals surface area contributed by atoms with Crippen LogP contribution in [0.2, 0.25) is 0 Å². The van der Waals surface area contributed by atoms with Gasteiger partial charge in [0.15, 0.2) is 0 Å². The first-order chi connectivity index (χ1) is 10.7. The summed E-state index contributed by atoms with van der Waals surface area (Å²) in [5.74, 6) is -3.08. The van der Waals surface area contributed by atoms with E-state index in [9.17, 15) is 23.1 Å². The van der Waals surface area contributed by atoms with Crippen LogP contribution in [-0.2, 0) is 33.8 Å². The molecule has 0 aliphatic carbocycles. The molecule has 0 saturated carbocycles. The summed E-state index contributed by atoms with van der Waals surface area (Å²) in [6.45, 7) is 3.50. The lowest BCUT2D eigenvalue weighted by Gasteiger charge is -2.10. The minimum absolute atomic E-state index is 0.0350. The van der Waals surface area contributed by atoms with Gasteiger partial charge >= 0.3 is 18.1 Å². The zero-order valence-electron chi connectivity index (χ0n) is 12.2. The van der Waals surface area contributed by atoms with Gasteiger partial charge in [-0.05, 0) is 6.92 Å². The number of fused-ring (bicyclic) bond motifs is 1. The molecular formula is C12H16F3N3O5. The van der Waals surface area contributed by atoms with Gasteiger partial charge in [-0.2, -0.15) is 18.3 Å². The van der Waals surface area contributed by atoms with Crippen molar-refractivity contribution in [2.75, 3.05) is 13.2 Å². The Kier molecular flexibility index (Phi) is 6.37. The molecule has 1 aromatic rings. The Morgan fingerprint density at radius 3 is 2.52 bits per heavy atom. The van der Waals surface area contributed by atoms with E-state index in [1.807, 2.05) is 0 Å². The molecule has 0 aromatic carbocycles. The van der Waals surface area contributed by atoms with Gasteiger partial charge < -0.3 is 20.3 Å². The first kappa shape index (κ1) is 18.7. The summed E-state index contributed by atoms with van der Waals surface area (Å²) < 4.78 is 37.8. The van der Waals surface area contributed by atoms with Crippen LogP contribution in [0.3, 0.4) is 0 Å². The highest BCUT2D eigenvalue weighted by Crippen LogP contribution is 2.23. The number of nitrogens with one attached hydrogen (secondary N) is 1. The third kappa shape index (κ3) is 5.43. The van der Waals surface area contributed by atoms with Gasteiger partial charge in [-0.25, -0.2) is 9.48 Å². The van der Waals surface area contributed by atoms with Crippen LogP contribution in [0.4, 0.5) is 13.2 Å². The van der Waals surface area contributed by atoms with Crippen LogP contribution >= 0.6 is 0 Å². The second kappa shape index (κ2) is 7.81. The summed E-state index contributed by atoms with van der Waals surface area (Å²) in [5.41, 5.74) is 1.65. The second-order valence-electron chi connectivity index (χ2n) is 4.44. The van der Waals surface area contributed by atoms with Crippen LogP contribution in [-0.4, -0.2) is 51.3 Å². The summed E-state index contributed by atoms with van der Waals surface area (Å²) in [4.78, 5) is 20.2. The highest BCUT2D eigenvalue weighted by molar-refractivity contribution is 5.73.